The van der Waals surface area contributed by atoms with Crippen LogP contribution in [0, 0.1) is 5.92 Å². The summed E-state index contributed by atoms with van der Waals surface area (Å²) in [5.41, 5.74) is -0.608. The molecule has 0 heterocycles. The molecule has 0 bridgehead atoms. The van der Waals surface area contributed by atoms with Gasteiger partial charge in [0.15, 0.2) is 0 Å². The lowest BCUT2D eigenvalue weighted by Gasteiger charge is -2.31. The summed E-state index contributed by atoms with van der Waals surface area (Å²) < 4.78 is 84.8. The first-order valence-electron chi connectivity index (χ1n) is 8.57. The minimum Gasteiger partial charge on any atom is -0.490 e. The molecule has 1 saturated carbocycles. The normalized spacial score (nSPS) is 21.4. The first-order valence-corrected chi connectivity index (χ1v) is 8.57. The Kier molecular flexibility index (Phi) is 5.29. The van der Waals surface area contributed by atoms with E-state index >= 15 is 0 Å². The van der Waals surface area contributed by atoms with Gasteiger partial charge in [0.05, 0.1) is 18.6 Å². The SMILES string of the molecule is OCc1cccc2c(C(F)(F)F)c(OC3CCC(C(F)(F)F)CC3)ccc12. The Morgan fingerprint density at radius 3 is 2.11 bits per heavy atom. The van der Waals surface area contributed by atoms with Gasteiger partial charge in [-0.2, -0.15) is 26.3 Å². The fraction of sp³-hybridized carbons (Fsp3) is 0.474. The van der Waals surface area contributed by atoms with Crippen molar-refractivity contribution in [2.45, 2.75) is 50.7 Å². The monoisotopic (exact) mass is 392 g/mol. The van der Waals surface area contributed by atoms with Crippen LogP contribution in [0.2, 0.25) is 0 Å². The Hall–Kier alpha value is -1.96. The highest BCUT2D eigenvalue weighted by Gasteiger charge is 2.42. The van der Waals surface area contributed by atoms with Gasteiger partial charge in [0.25, 0.3) is 0 Å². The third-order valence-electron chi connectivity index (χ3n) is 5.00. The van der Waals surface area contributed by atoms with Crippen molar-refractivity contribution >= 4 is 10.8 Å². The fourth-order valence-electron chi connectivity index (χ4n) is 3.62. The summed E-state index contributed by atoms with van der Waals surface area (Å²) in [5.74, 6) is -1.82. The number of hydrogen-bond acceptors (Lipinski definition) is 2. The second kappa shape index (κ2) is 7.22. The quantitative estimate of drug-likeness (QED) is 0.664. The Balaban J connectivity index is 1.91. The molecular weight excluding hydrogens is 374 g/mol. The van der Waals surface area contributed by atoms with Gasteiger partial charge in [-0.25, -0.2) is 0 Å². The van der Waals surface area contributed by atoms with Crippen molar-refractivity contribution < 1.29 is 36.2 Å². The van der Waals surface area contributed by atoms with E-state index in [0.29, 0.717) is 5.56 Å². The van der Waals surface area contributed by atoms with E-state index in [1.807, 2.05) is 0 Å². The second-order valence-corrected chi connectivity index (χ2v) is 6.74. The van der Waals surface area contributed by atoms with Gasteiger partial charge < -0.3 is 9.84 Å². The maximum absolute atomic E-state index is 13.7. The van der Waals surface area contributed by atoms with Crippen LogP contribution in [0.5, 0.6) is 5.75 Å². The third-order valence-corrected chi connectivity index (χ3v) is 5.00. The fourth-order valence-corrected chi connectivity index (χ4v) is 3.62. The van der Waals surface area contributed by atoms with E-state index in [2.05, 4.69) is 0 Å². The highest BCUT2D eigenvalue weighted by molar-refractivity contribution is 5.91. The lowest BCUT2D eigenvalue weighted by Crippen LogP contribution is -2.32. The zero-order valence-electron chi connectivity index (χ0n) is 14.2. The molecular formula is C19H18F6O2. The number of benzene rings is 2. The molecule has 3 rings (SSSR count). The third kappa shape index (κ3) is 4.15. The van der Waals surface area contributed by atoms with Crippen molar-refractivity contribution in [2.75, 3.05) is 0 Å². The Bertz CT molecular complexity index is 804. The number of halogens is 6. The molecule has 0 amide bonds. The summed E-state index contributed by atoms with van der Waals surface area (Å²) in [6.45, 7) is -0.406. The number of alkyl halides is 6. The molecule has 2 nitrogen and oxygen atoms in total. The van der Waals surface area contributed by atoms with Crippen LogP contribution in [-0.2, 0) is 12.8 Å². The van der Waals surface area contributed by atoms with Crippen molar-refractivity contribution in [1.29, 1.82) is 0 Å². The highest BCUT2D eigenvalue weighted by Crippen LogP contribution is 2.44. The minimum atomic E-state index is -4.70. The van der Waals surface area contributed by atoms with E-state index in [1.54, 1.807) is 0 Å². The molecule has 1 fully saturated rings. The average Bonchev–Trinajstić information content (AvgIpc) is 2.59. The molecule has 0 radical (unpaired) electrons. The van der Waals surface area contributed by atoms with Gasteiger partial charge in [-0.15, -0.1) is 0 Å². The van der Waals surface area contributed by atoms with Gasteiger partial charge in [-0.05, 0) is 48.1 Å². The molecule has 8 heteroatoms. The molecule has 0 aliphatic heterocycles. The van der Waals surface area contributed by atoms with Crippen molar-refractivity contribution in [3.8, 4) is 5.75 Å². The van der Waals surface area contributed by atoms with E-state index < -0.39 is 36.5 Å². The van der Waals surface area contributed by atoms with E-state index in [-0.39, 0.29) is 42.2 Å². The van der Waals surface area contributed by atoms with Gasteiger partial charge in [-0.1, -0.05) is 24.3 Å². The lowest BCUT2D eigenvalue weighted by atomic mass is 9.87. The topological polar surface area (TPSA) is 29.5 Å². The summed E-state index contributed by atoms with van der Waals surface area (Å²) in [6, 6.07) is 6.86. The Labute approximate surface area is 151 Å². The largest absolute Gasteiger partial charge is 0.490 e. The smallest absolute Gasteiger partial charge is 0.420 e. The molecule has 1 N–H and O–H groups in total. The van der Waals surface area contributed by atoms with Crippen LogP contribution in [0.15, 0.2) is 30.3 Å². The van der Waals surface area contributed by atoms with Crippen molar-refractivity contribution in [3.63, 3.8) is 0 Å². The van der Waals surface area contributed by atoms with E-state index in [4.69, 9.17) is 4.74 Å². The standard InChI is InChI=1S/C19H18F6O2/c20-18(21,22)12-4-6-13(7-5-12)27-16-9-8-14-11(10-26)2-1-3-15(14)17(16)19(23,24)25/h1-3,8-9,12-13,26H,4-7,10H2. The minimum absolute atomic E-state index is 0.0518. The van der Waals surface area contributed by atoms with Crippen LogP contribution in [-0.4, -0.2) is 17.4 Å². The summed E-state index contributed by atoms with van der Waals surface area (Å²) in [6.07, 6.45) is -9.89. The molecule has 2 aromatic rings. The molecule has 1 aliphatic carbocycles. The predicted octanol–water partition coefficient (Wildman–Crippen LogP) is 5.85. The molecule has 0 unspecified atom stereocenters. The van der Waals surface area contributed by atoms with Crippen LogP contribution >= 0.6 is 0 Å². The maximum Gasteiger partial charge on any atom is 0.420 e. The molecule has 0 spiro atoms. The van der Waals surface area contributed by atoms with E-state index in [1.165, 1.54) is 30.3 Å². The van der Waals surface area contributed by atoms with Crippen molar-refractivity contribution in [2.24, 2.45) is 5.92 Å². The van der Waals surface area contributed by atoms with E-state index in [9.17, 15) is 31.4 Å². The lowest BCUT2D eigenvalue weighted by molar-refractivity contribution is -0.185. The zero-order valence-corrected chi connectivity index (χ0v) is 14.2. The summed E-state index contributed by atoms with van der Waals surface area (Å²) in [4.78, 5) is 0. The zero-order chi connectivity index (χ0) is 19.8. The second-order valence-electron chi connectivity index (χ2n) is 6.74. The number of rotatable bonds is 3. The van der Waals surface area contributed by atoms with Gasteiger partial charge in [-0.3, -0.25) is 0 Å². The number of aliphatic hydroxyl groups is 1. The number of fused-ring (bicyclic) bond motifs is 1. The van der Waals surface area contributed by atoms with Gasteiger partial charge in [0, 0.05) is 0 Å². The predicted molar refractivity (Wildman–Crippen MR) is 87.3 cm³/mol. The van der Waals surface area contributed by atoms with Gasteiger partial charge >= 0.3 is 12.4 Å². The first kappa shape index (κ1) is 19.8. The first-order chi connectivity index (χ1) is 12.6. The van der Waals surface area contributed by atoms with Crippen molar-refractivity contribution in [3.05, 3.63) is 41.5 Å². The number of hydrogen-bond donors (Lipinski definition) is 1. The Morgan fingerprint density at radius 1 is 0.889 bits per heavy atom. The van der Waals surface area contributed by atoms with Crippen molar-refractivity contribution in [1.82, 2.24) is 0 Å². The maximum atomic E-state index is 13.7. The molecule has 148 valence electrons. The molecule has 0 atom stereocenters. The highest BCUT2D eigenvalue weighted by atomic mass is 19.4. The average molecular weight is 392 g/mol. The van der Waals surface area contributed by atoms with Crippen LogP contribution in [0.1, 0.15) is 36.8 Å². The molecule has 0 aromatic heterocycles. The molecule has 27 heavy (non-hydrogen) atoms. The number of ether oxygens (including phenoxy) is 1. The van der Waals surface area contributed by atoms with Crippen LogP contribution < -0.4 is 4.74 Å². The molecule has 0 saturated heterocycles. The van der Waals surface area contributed by atoms with Crippen LogP contribution in [0.3, 0.4) is 0 Å². The molecule has 2 aromatic carbocycles. The summed E-state index contributed by atoms with van der Waals surface area (Å²) in [5, 5.41) is 9.51. The Morgan fingerprint density at radius 2 is 1.56 bits per heavy atom. The summed E-state index contributed by atoms with van der Waals surface area (Å²) in [7, 11) is 0. The van der Waals surface area contributed by atoms with Gasteiger partial charge in [0.1, 0.15) is 11.3 Å². The van der Waals surface area contributed by atoms with E-state index in [0.717, 1.165) is 0 Å². The molecule has 1 aliphatic rings. The summed E-state index contributed by atoms with van der Waals surface area (Å²) >= 11 is 0. The van der Waals surface area contributed by atoms with Crippen LogP contribution in [0.25, 0.3) is 10.8 Å². The van der Waals surface area contributed by atoms with Crippen LogP contribution in [0.4, 0.5) is 26.3 Å². The number of aliphatic hydroxyl groups excluding tert-OH is 1. The van der Waals surface area contributed by atoms with Gasteiger partial charge in [0.2, 0.25) is 0 Å².